The minimum absolute atomic E-state index is 0.346. The van der Waals surface area contributed by atoms with Crippen LogP contribution in [0.1, 0.15) is 6.42 Å². The lowest BCUT2D eigenvalue weighted by Gasteiger charge is -2.18. The molecule has 0 amide bonds. The monoisotopic (exact) mass is 264 g/mol. The van der Waals surface area contributed by atoms with Crippen molar-refractivity contribution in [3.05, 3.63) is 0 Å². The molecule has 1 heterocycles. The Morgan fingerprint density at radius 1 is 1.47 bits per heavy atom. The maximum absolute atomic E-state index is 10.7. The first kappa shape index (κ1) is 15.0. The fourth-order valence-electron chi connectivity index (χ4n) is 1.63. The molecule has 1 aliphatic heterocycles. The molecule has 0 aromatic carbocycles. The SMILES string of the molecule is [B]C1OC(CO)C(O[P+](=O)O)C1OCCCN. The second kappa shape index (κ2) is 7.38. The van der Waals surface area contributed by atoms with Crippen LogP contribution in [0.4, 0.5) is 0 Å². The second-order valence-corrected chi connectivity index (χ2v) is 4.29. The fraction of sp³-hybridized carbons (Fsp3) is 1.00. The minimum Gasteiger partial charge on any atom is -0.394 e. The topological polar surface area (TPSA) is 111 Å². The summed E-state index contributed by atoms with van der Waals surface area (Å²) in [6.07, 6.45) is -1.68. The Hall–Kier alpha value is -0.0751. The van der Waals surface area contributed by atoms with Crippen LogP contribution in [0.3, 0.4) is 0 Å². The molecule has 96 valence electrons. The zero-order chi connectivity index (χ0) is 12.8. The smallest absolute Gasteiger partial charge is 0.394 e. The van der Waals surface area contributed by atoms with Crippen LogP contribution in [0.5, 0.6) is 0 Å². The Balaban J connectivity index is 2.58. The Labute approximate surface area is 102 Å². The molecular weight excluding hydrogens is 248 g/mol. The van der Waals surface area contributed by atoms with Gasteiger partial charge in [0.15, 0.2) is 6.10 Å². The Kier molecular flexibility index (Phi) is 6.50. The van der Waals surface area contributed by atoms with Gasteiger partial charge >= 0.3 is 8.25 Å². The highest BCUT2D eigenvalue weighted by Crippen LogP contribution is 2.31. The molecule has 0 bridgehead atoms. The van der Waals surface area contributed by atoms with Crippen molar-refractivity contribution in [2.45, 2.75) is 30.7 Å². The summed E-state index contributed by atoms with van der Waals surface area (Å²) >= 11 is 0. The first-order chi connectivity index (χ1) is 8.10. The molecule has 9 heteroatoms. The number of ether oxygens (including phenoxy) is 2. The van der Waals surface area contributed by atoms with Crippen LogP contribution in [0.25, 0.3) is 0 Å². The molecule has 1 saturated heterocycles. The quantitative estimate of drug-likeness (QED) is 0.296. The molecule has 1 fully saturated rings. The van der Waals surface area contributed by atoms with Crippen molar-refractivity contribution in [3.63, 3.8) is 0 Å². The van der Waals surface area contributed by atoms with Gasteiger partial charge in [-0.2, -0.15) is 0 Å². The van der Waals surface area contributed by atoms with E-state index >= 15 is 0 Å². The average molecular weight is 264 g/mol. The summed E-state index contributed by atoms with van der Waals surface area (Å²) in [5, 5.41) is 9.04. The number of aliphatic hydroxyl groups excluding tert-OH is 1. The first-order valence-corrected chi connectivity index (χ1v) is 6.39. The van der Waals surface area contributed by atoms with E-state index in [0.29, 0.717) is 19.6 Å². The van der Waals surface area contributed by atoms with Gasteiger partial charge in [0.05, 0.1) is 6.61 Å². The van der Waals surface area contributed by atoms with Gasteiger partial charge in [0.1, 0.15) is 20.1 Å². The summed E-state index contributed by atoms with van der Waals surface area (Å²) in [5.41, 5.74) is 5.32. The number of hydrogen-bond donors (Lipinski definition) is 3. The molecule has 0 spiro atoms. The molecule has 0 saturated carbocycles. The number of nitrogens with two attached hydrogens (primary N) is 1. The van der Waals surface area contributed by atoms with E-state index in [2.05, 4.69) is 0 Å². The van der Waals surface area contributed by atoms with Crippen molar-refractivity contribution in [2.24, 2.45) is 5.73 Å². The van der Waals surface area contributed by atoms with Crippen molar-refractivity contribution in [2.75, 3.05) is 19.8 Å². The molecule has 0 aliphatic carbocycles. The van der Waals surface area contributed by atoms with E-state index < -0.39 is 32.6 Å². The van der Waals surface area contributed by atoms with Gasteiger partial charge in [-0.15, -0.1) is 9.42 Å². The van der Waals surface area contributed by atoms with Crippen molar-refractivity contribution in [3.8, 4) is 0 Å². The van der Waals surface area contributed by atoms with Crippen LogP contribution in [-0.2, 0) is 18.6 Å². The van der Waals surface area contributed by atoms with Crippen LogP contribution in [0.2, 0.25) is 0 Å². The Bertz CT molecular complexity index is 258. The van der Waals surface area contributed by atoms with Crippen LogP contribution in [0, 0.1) is 0 Å². The molecular formula is C8H16BNO6P+. The summed E-state index contributed by atoms with van der Waals surface area (Å²) in [7, 11) is 2.84. The van der Waals surface area contributed by atoms with Crippen LogP contribution >= 0.6 is 8.25 Å². The maximum Gasteiger partial charge on any atom is 0.695 e. The van der Waals surface area contributed by atoms with Gasteiger partial charge < -0.3 is 20.3 Å². The van der Waals surface area contributed by atoms with Gasteiger partial charge in [0.25, 0.3) is 0 Å². The highest BCUT2D eigenvalue weighted by molar-refractivity contribution is 7.32. The minimum atomic E-state index is -2.81. The molecule has 2 radical (unpaired) electrons. The standard InChI is InChI=1S/C8H15BNO6P/c9-8-7(14-3-1-2-10)6(16-17(12)13)5(4-11)15-8/h5-8,11H,1-4,10H2/p+1. The predicted molar refractivity (Wildman–Crippen MR) is 59.6 cm³/mol. The lowest BCUT2D eigenvalue weighted by molar-refractivity contribution is -0.0167. The number of hydrogen-bond acceptors (Lipinski definition) is 6. The maximum atomic E-state index is 10.7. The third-order valence-electron chi connectivity index (χ3n) is 2.40. The van der Waals surface area contributed by atoms with Gasteiger partial charge in [-0.05, 0) is 13.0 Å². The molecule has 4 N–H and O–H groups in total. The van der Waals surface area contributed by atoms with E-state index in [1.54, 1.807) is 0 Å². The molecule has 1 aliphatic rings. The zero-order valence-corrected chi connectivity index (χ0v) is 10.2. The average Bonchev–Trinajstić information content (AvgIpc) is 2.56. The molecule has 7 nitrogen and oxygen atoms in total. The Morgan fingerprint density at radius 3 is 2.71 bits per heavy atom. The summed E-state index contributed by atoms with van der Waals surface area (Å²) in [4.78, 5) is 8.74. The van der Waals surface area contributed by atoms with Crippen molar-refractivity contribution < 1.29 is 28.6 Å². The molecule has 0 aromatic heterocycles. The number of rotatable bonds is 7. The zero-order valence-electron chi connectivity index (χ0n) is 9.27. The molecule has 5 atom stereocenters. The van der Waals surface area contributed by atoms with E-state index in [1.165, 1.54) is 0 Å². The van der Waals surface area contributed by atoms with Gasteiger partial charge in [0.2, 0.25) is 0 Å². The molecule has 17 heavy (non-hydrogen) atoms. The van der Waals surface area contributed by atoms with Gasteiger partial charge in [-0.1, -0.05) is 0 Å². The van der Waals surface area contributed by atoms with Gasteiger partial charge in [-0.25, -0.2) is 0 Å². The molecule has 5 unspecified atom stereocenters. The highest BCUT2D eigenvalue weighted by Gasteiger charge is 2.48. The number of aliphatic hydroxyl groups is 1. The predicted octanol–water partition coefficient (Wildman–Crippen LogP) is -1.36. The van der Waals surface area contributed by atoms with Crippen LogP contribution in [-0.4, -0.2) is 61.9 Å². The van der Waals surface area contributed by atoms with Gasteiger partial charge in [0, 0.05) is 17.2 Å². The van der Waals surface area contributed by atoms with E-state index in [-0.39, 0.29) is 6.61 Å². The van der Waals surface area contributed by atoms with Gasteiger partial charge in [-0.3, -0.25) is 0 Å². The molecule has 0 aromatic rings. The first-order valence-electron chi connectivity index (χ1n) is 5.26. The summed E-state index contributed by atoms with van der Waals surface area (Å²) < 4.78 is 26.0. The normalized spacial score (nSPS) is 33.9. The van der Waals surface area contributed by atoms with Crippen molar-refractivity contribution in [1.29, 1.82) is 0 Å². The van der Waals surface area contributed by atoms with Crippen LogP contribution < -0.4 is 5.73 Å². The Morgan fingerprint density at radius 2 is 2.18 bits per heavy atom. The fourth-order valence-corrected chi connectivity index (χ4v) is 2.09. The summed E-state index contributed by atoms with van der Waals surface area (Å²) in [5.74, 6) is 0. The van der Waals surface area contributed by atoms with E-state index in [9.17, 15) is 4.57 Å². The third kappa shape index (κ3) is 4.26. The highest BCUT2D eigenvalue weighted by atomic mass is 31.1. The van der Waals surface area contributed by atoms with Crippen LogP contribution in [0.15, 0.2) is 0 Å². The van der Waals surface area contributed by atoms with E-state index in [4.69, 9.17) is 37.6 Å². The van der Waals surface area contributed by atoms with Crippen molar-refractivity contribution >= 4 is 16.1 Å². The van der Waals surface area contributed by atoms with E-state index in [0.717, 1.165) is 0 Å². The lowest BCUT2D eigenvalue weighted by atomic mass is 9.93. The summed E-state index contributed by atoms with van der Waals surface area (Å²) in [6, 6.07) is -0.801. The summed E-state index contributed by atoms with van der Waals surface area (Å²) in [6.45, 7) is 0.447. The lowest BCUT2D eigenvalue weighted by Crippen LogP contribution is -2.38. The molecule has 1 rings (SSSR count). The largest absolute Gasteiger partial charge is 0.695 e. The van der Waals surface area contributed by atoms with E-state index in [1.807, 2.05) is 0 Å². The van der Waals surface area contributed by atoms with Crippen molar-refractivity contribution in [1.82, 2.24) is 0 Å². The third-order valence-corrected chi connectivity index (χ3v) is 2.82. The second-order valence-electron chi connectivity index (χ2n) is 3.61.